The number of rotatable bonds is 6. The first-order valence-corrected chi connectivity index (χ1v) is 6.12. The van der Waals surface area contributed by atoms with E-state index in [0.29, 0.717) is 18.8 Å². The number of nitrogens with zero attached hydrogens (tertiary/aromatic N) is 4. The average Bonchev–Trinajstić information content (AvgIpc) is 2.92. The lowest BCUT2D eigenvalue weighted by Gasteiger charge is -2.07. The minimum Gasteiger partial charge on any atom is -0.385 e. The van der Waals surface area contributed by atoms with Crippen LogP contribution >= 0.6 is 0 Å². The Balaban J connectivity index is 1.87. The molecule has 7 heteroatoms. The van der Waals surface area contributed by atoms with Gasteiger partial charge in [0, 0.05) is 31.2 Å². The second-order valence-electron chi connectivity index (χ2n) is 3.88. The van der Waals surface area contributed by atoms with Crippen LogP contribution < -0.4 is 10.6 Å². The van der Waals surface area contributed by atoms with E-state index in [2.05, 4.69) is 25.9 Å². The fourth-order valence-corrected chi connectivity index (χ4v) is 1.60. The molecule has 0 bridgehead atoms. The lowest BCUT2D eigenvalue weighted by atomic mass is 10.3. The van der Waals surface area contributed by atoms with Crippen molar-refractivity contribution in [1.82, 2.24) is 25.3 Å². The van der Waals surface area contributed by atoms with Crippen molar-refractivity contribution in [2.45, 2.75) is 13.5 Å². The highest BCUT2D eigenvalue weighted by Gasteiger charge is 2.07. The molecule has 2 aromatic rings. The molecule has 7 nitrogen and oxygen atoms in total. The minimum atomic E-state index is -0.195. The van der Waals surface area contributed by atoms with Crippen molar-refractivity contribution >= 4 is 11.6 Å². The van der Waals surface area contributed by atoms with Crippen molar-refractivity contribution in [1.29, 1.82) is 0 Å². The Hall–Kier alpha value is -2.44. The van der Waals surface area contributed by atoms with E-state index < -0.39 is 0 Å². The lowest BCUT2D eigenvalue weighted by molar-refractivity contribution is 0.0947. The molecule has 1 amide bonds. The van der Waals surface area contributed by atoms with Gasteiger partial charge < -0.3 is 10.6 Å². The van der Waals surface area contributed by atoms with Gasteiger partial charge in [-0.3, -0.25) is 14.5 Å². The van der Waals surface area contributed by atoms with Crippen LogP contribution in [-0.4, -0.2) is 39.0 Å². The van der Waals surface area contributed by atoms with E-state index in [-0.39, 0.29) is 5.91 Å². The van der Waals surface area contributed by atoms with E-state index in [1.54, 1.807) is 29.3 Å². The van der Waals surface area contributed by atoms with Gasteiger partial charge in [0.1, 0.15) is 5.69 Å². The molecule has 2 N–H and O–H groups in total. The number of carbonyl (C=O) groups excluding carboxylic acids is 1. The average molecular weight is 260 g/mol. The first kappa shape index (κ1) is 13.0. The molecule has 0 aromatic carbocycles. The molecule has 0 unspecified atom stereocenters. The normalized spacial score (nSPS) is 10.2. The third-order valence-electron chi connectivity index (χ3n) is 2.47. The molecule has 0 saturated carbocycles. The Morgan fingerprint density at radius 1 is 1.42 bits per heavy atom. The van der Waals surface area contributed by atoms with Crippen molar-refractivity contribution in [2.75, 3.05) is 18.4 Å². The molecule has 2 heterocycles. The molecular formula is C12H16N6O. The van der Waals surface area contributed by atoms with Crippen LogP contribution in [0.5, 0.6) is 0 Å². The third kappa shape index (κ3) is 3.77. The van der Waals surface area contributed by atoms with Crippen molar-refractivity contribution < 1.29 is 4.79 Å². The van der Waals surface area contributed by atoms with Gasteiger partial charge in [0.25, 0.3) is 5.91 Å². The van der Waals surface area contributed by atoms with Gasteiger partial charge >= 0.3 is 0 Å². The van der Waals surface area contributed by atoms with E-state index in [0.717, 1.165) is 12.2 Å². The summed E-state index contributed by atoms with van der Waals surface area (Å²) in [6, 6.07) is 3.56. The van der Waals surface area contributed by atoms with Crippen LogP contribution in [0.25, 0.3) is 0 Å². The zero-order valence-corrected chi connectivity index (χ0v) is 10.7. The first-order chi connectivity index (χ1) is 9.29. The summed E-state index contributed by atoms with van der Waals surface area (Å²) in [6.07, 6.45) is 4.96. The van der Waals surface area contributed by atoms with Crippen molar-refractivity contribution in [3.05, 3.63) is 36.4 Å². The molecule has 100 valence electrons. The predicted molar refractivity (Wildman–Crippen MR) is 70.8 cm³/mol. The second kappa shape index (κ2) is 6.48. The summed E-state index contributed by atoms with van der Waals surface area (Å²) in [4.78, 5) is 15.9. The summed E-state index contributed by atoms with van der Waals surface area (Å²) in [5.41, 5.74) is 1.29. The molecule has 0 saturated heterocycles. The largest absolute Gasteiger partial charge is 0.385 e. The monoisotopic (exact) mass is 260 g/mol. The highest BCUT2D eigenvalue weighted by Crippen LogP contribution is 2.07. The fourth-order valence-electron chi connectivity index (χ4n) is 1.60. The number of aromatic nitrogens is 4. The van der Waals surface area contributed by atoms with Crippen LogP contribution in [0.15, 0.2) is 30.7 Å². The Morgan fingerprint density at radius 2 is 2.32 bits per heavy atom. The predicted octanol–water partition coefficient (Wildman–Crippen LogP) is 0.535. The van der Waals surface area contributed by atoms with Gasteiger partial charge in [0.2, 0.25) is 0 Å². The standard InChI is InChI=1S/C12H16N6O/c1-2-13-10-3-4-14-11(9-10)12(19)15-5-7-18-8-6-16-17-18/h3-4,6,8-9H,2,5,7H2,1H3,(H,13,14)(H,15,19). The van der Waals surface area contributed by atoms with Gasteiger partial charge in [-0.25, -0.2) is 0 Å². The number of carbonyl (C=O) groups is 1. The molecule has 0 atom stereocenters. The maximum Gasteiger partial charge on any atom is 0.270 e. The molecule has 2 rings (SSSR count). The second-order valence-corrected chi connectivity index (χ2v) is 3.88. The van der Waals surface area contributed by atoms with Gasteiger partial charge in [-0.1, -0.05) is 5.21 Å². The molecule has 0 aliphatic carbocycles. The number of anilines is 1. The summed E-state index contributed by atoms with van der Waals surface area (Å²) >= 11 is 0. The quantitative estimate of drug-likeness (QED) is 0.791. The van der Waals surface area contributed by atoms with Gasteiger partial charge in [-0.2, -0.15) is 0 Å². The Kier molecular flexibility index (Phi) is 4.44. The number of hydrogen-bond donors (Lipinski definition) is 2. The van der Waals surface area contributed by atoms with Crippen LogP contribution in [0.2, 0.25) is 0 Å². The Labute approximate surface area is 111 Å². The maximum atomic E-state index is 11.9. The van der Waals surface area contributed by atoms with Crippen molar-refractivity contribution in [3.63, 3.8) is 0 Å². The smallest absolute Gasteiger partial charge is 0.270 e. The number of nitrogens with one attached hydrogen (secondary N) is 2. The molecule has 0 radical (unpaired) electrons. The van der Waals surface area contributed by atoms with Crippen molar-refractivity contribution in [2.24, 2.45) is 0 Å². The molecule has 0 spiro atoms. The van der Waals surface area contributed by atoms with E-state index >= 15 is 0 Å². The summed E-state index contributed by atoms with van der Waals surface area (Å²) < 4.78 is 1.66. The molecule has 0 aliphatic heterocycles. The van der Waals surface area contributed by atoms with Gasteiger partial charge in [-0.15, -0.1) is 5.10 Å². The van der Waals surface area contributed by atoms with Gasteiger partial charge in [0.15, 0.2) is 0 Å². The van der Waals surface area contributed by atoms with Crippen molar-refractivity contribution in [3.8, 4) is 0 Å². The molecule has 0 fully saturated rings. The van der Waals surface area contributed by atoms with Crippen LogP contribution in [0, 0.1) is 0 Å². The molecular weight excluding hydrogens is 244 g/mol. The van der Waals surface area contributed by atoms with Crippen LogP contribution in [0.3, 0.4) is 0 Å². The van der Waals surface area contributed by atoms with Crippen LogP contribution in [-0.2, 0) is 6.54 Å². The van der Waals surface area contributed by atoms with Crippen LogP contribution in [0.4, 0.5) is 5.69 Å². The highest BCUT2D eigenvalue weighted by molar-refractivity contribution is 5.93. The maximum absolute atomic E-state index is 11.9. The van der Waals surface area contributed by atoms with E-state index in [9.17, 15) is 4.79 Å². The fraction of sp³-hybridized carbons (Fsp3) is 0.333. The van der Waals surface area contributed by atoms with Gasteiger partial charge in [-0.05, 0) is 19.1 Å². The number of hydrogen-bond acceptors (Lipinski definition) is 5. The Morgan fingerprint density at radius 3 is 3.05 bits per heavy atom. The lowest BCUT2D eigenvalue weighted by Crippen LogP contribution is -2.28. The third-order valence-corrected chi connectivity index (χ3v) is 2.47. The molecule has 2 aromatic heterocycles. The van der Waals surface area contributed by atoms with Crippen LogP contribution in [0.1, 0.15) is 17.4 Å². The molecule has 0 aliphatic rings. The zero-order valence-electron chi connectivity index (χ0n) is 10.7. The summed E-state index contributed by atoms with van der Waals surface area (Å²) in [5.74, 6) is -0.195. The first-order valence-electron chi connectivity index (χ1n) is 6.12. The van der Waals surface area contributed by atoms with E-state index in [1.807, 2.05) is 13.0 Å². The summed E-state index contributed by atoms with van der Waals surface area (Å²) in [5, 5.41) is 13.4. The zero-order chi connectivity index (χ0) is 13.5. The summed E-state index contributed by atoms with van der Waals surface area (Å²) in [7, 11) is 0. The number of amides is 1. The van der Waals surface area contributed by atoms with Gasteiger partial charge in [0.05, 0.1) is 12.7 Å². The SMILES string of the molecule is CCNc1ccnc(C(=O)NCCn2ccnn2)c1. The number of pyridine rings is 1. The highest BCUT2D eigenvalue weighted by atomic mass is 16.1. The minimum absolute atomic E-state index is 0.195. The van der Waals surface area contributed by atoms with E-state index in [1.165, 1.54) is 0 Å². The van der Waals surface area contributed by atoms with E-state index in [4.69, 9.17) is 0 Å². The summed E-state index contributed by atoms with van der Waals surface area (Å²) in [6.45, 7) is 3.86. The Bertz CT molecular complexity index is 525. The molecule has 19 heavy (non-hydrogen) atoms. The topological polar surface area (TPSA) is 84.7 Å².